The zero-order chi connectivity index (χ0) is 9.94. The van der Waals surface area contributed by atoms with Crippen molar-refractivity contribution in [3.8, 4) is 0 Å². The third-order valence-electron chi connectivity index (χ3n) is 1.39. The zero-order valence-electron chi connectivity index (χ0n) is 7.79. The fourth-order valence-corrected chi connectivity index (χ4v) is 1.64. The summed E-state index contributed by atoms with van der Waals surface area (Å²) in [6, 6.07) is -0.625. The molecule has 0 aliphatic heterocycles. The molecule has 1 atom stereocenters. The highest BCUT2D eigenvalue weighted by atomic mass is 32.2. The van der Waals surface area contributed by atoms with E-state index in [9.17, 15) is 13.2 Å². The Morgan fingerprint density at radius 1 is 1.25 bits per heavy atom. The lowest BCUT2D eigenvalue weighted by Crippen LogP contribution is -2.39. The lowest BCUT2D eigenvalue weighted by molar-refractivity contribution is -0.123. The van der Waals surface area contributed by atoms with Gasteiger partial charge in [-0.15, -0.1) is 0 Å². The lowest BCUT2D eigenvalue weighted by atomic mass is 10.0. The van der Waals surface area contributed by atoms with Crippen molar-refractivity contribution in [3.63, 3.8) is 0 Å². The van der Waals surface area contributed by atoms with E-state index in [0.717, 1.165) is 6.26 Å². The summed E-state index contributed by atoms with van der Waals surface area (Å²) in [5.41, 5.74) is 0. The highest BCUT2D eigenvalue weighted by Gasteiger charge is 2.18. The van der Waals surface area contributed by atoms with Crippen molar-refractivity contribution in [2.45, 2.75) is 26.8 Å². The van der Waals surface area contributed by atoms with Crippen LogP contribution in [0.3, 0.4) is 0 Å². The van der Waals surface area contributed by atoms with Gasteiger partial charge in [0.05, 0.1) is 12.3 Å². The van der Waals surface area contributed by atoms with Gasteiger partial charge >= 0.3 is 0 Å². The third kappa shape index (κ3) is 4.46. The molecule has 0 saturated heterocycles. The molecular formula is C7H15NO3S. The number of carbonyl (C=O) groups excluding carboxylic acids is 1. The largest absolute Gasteiger partial charge is 0.298 e. The second-order valence-corrected chi connectivity index (χ2v) is 4.95. The topological polar surface area (TPSA) is 63.2 Å². The summed E-state index contributed by atoms with van der Waals surface area (Å²) in [5, 5.41) is 0. The first-order valence-corrected chi connectivity index (χ1v) is 5.64. The summed E-state index contributed by atoms with van der Waals surface area (Å²) in [7, 11) is -3.27. The Labute approximate surface area is 73.4 Å². The Morgan fingerprint density at radius 3 is 1.92 bits per heavy atom. The molecule has 4 nitrogen and oxygen atoms in total. The summed E-state index contributed by atoms with van der Waals surface area (Å²) in [4.78, 5) is 11.2. The Bertz CT molecular complexity index is 256. The van der Waals surface area contributed by atoms with Crippen LogP contribution in [0.1, 0.15) is 20.8 Å². The van der Waals surface area contributed by atoms with Crippen LogP contribution in [0.5, 0.6) is 0 Å². The Balaban J connectivity index is 4.24. The van der Waals surface area contributed by atoms with E-state index in [4.69, 9.17) is 0 Å². The number of ketones is 1. The normalized spacial score (nSPS) is 14.8. The molecule has 0 aromatic carbocycles. The molecule has 0 aromatic rings. The molecule has 0 aromatic heterocycles. The second-order valence-electron chi connectivity index (χ2n) is 3.17. The molecule has 0 rings (SSSR count). The van der Waals surface area contributed by atoms with Gasteiger partial charge in [-0.1, -0.05) is 13.8 Å². The summed E-state index contributed by atoms with van der Waals surface area (Å²) >= 11 is 0. The Morgan fingerprint density at radius 2 is 1.67 bits per heavy atom. The number of hydrogen-bond acceptors (Lipinski definition) is 3. The number of Topliss-reactive ketones (excluding diaryl/α,β-unsaturated/α-hetero) is 1. The maximum Gasteiger partial charge on any atom is 0.209 e. The van der Waals surface area contributed by atoms with Crippen LogP contribution in [0.2, 0.25) is 0 Å². The second kappa shape index (κ2) is 4.00. The Kier molecular flexibility index (Phi) is 3.86. The molecule has 0 radical (unpaired) electrons. The average Bonchev–Trinajstić information content (AvgIpc) is 1.82. The number of carbonyl (C=O) groups is 1. The third-order valence-corrected chi connectivity index (χ3v) is 2.17. The molecule has 5 heteroatoms. The lowest BCUT2D eigenvalue weighted by Gasteiger charge is -2.12. The fourth-order valence-electron chi connectivity index (χ4n) is 0.879. The molecule has 1 unspecified atom stereocenters. The SMILES string of the molecule is CC(C)C(=O)C(C)NS(C)(=O)=O. The first-order chi connectivity index (χ1) is 5.24. The van der Waals surface area contributed by atoms with E-state index in [0.29, 0.717) is 0 Å². The van der Waals surface area contributed by atoms with Crippen LogP contribution < -0.4 is 4.72 Å². The molecular weight excluding hydrogens is 178 g/mol. The molecule has 0 spiro atoms. The molecule has 0 aliphatic carbocycles. The molecule has 0 fully saturated rings. The molecule has 72 valence electrons. The minimum atomic E-state index is -3.27. The van der Waals surface area contributed by atoms with Gasteiger partial charge in [-0.25, -0.2) is 13.1 Å². The first kappa shape index (κ1) is 11.6. The van der Waals surface area contributed by atoms with Crippen molar-refractivity contribution in [3.05, 3.63) is 0 Å². The molecule has 1 N–H and O–H groups in total. The van der Waals surface area contributed by atoms with Crippen molar-refractivity contribution in [2.24, 2.45) is 5.92 Å². The van der Waals surface area contributed by atoms with Crippen LogP contribution in [0, 0.1) is 5.92 Å². The number of hydrogen-bond donors (Lipinski definition) is 1. The highest BCUT2D eigenvalue weighted by molar-refractivity contribution is 7.88. The molecule has 0 aliphatic rings. The maximum atomic E-state index is 11.2. The van der Waals surface area contributed by atoms with Gasteiger partial charge in [-0.2, -0.15) is 0 Å². The average molecular weight is 193 g/mol. The van der Waals surface area contributed by atoms with Gasteiger partial charge in [0.15, 0.2) is 5.78 Å². The fraction of sp³-hybridized carbons (Fsp3) is 0.857. The van der Waals surface area contributed by atoms with Crippen molar-refractivity contribution in [1.82, 2.24) is 4.72 Å². The van der Waals surface area contributed by atoms with Crippen LogP contribution in [0.15, 0.2) is 0 Å². The molecule has 0 saturated carbocycles. The molecule has 0 heterocycles. The number of rotatable bonds is 4. The van der Waals surface area contributed by atoms with E-state index in [2.05, 4.69) is 4.72 Å². The minimum absolute atomic E-state index is 0.0968. The predicted octanol–water partition coefficient (Wildman–Crippen LogP) is 0.149. The standard InChI is InChI=1S/C7H15NO3S/c1-5(2)7(9)6(3)8-12(4,10)11/h5-6,8H,1-4H3. The summed E-state index contributed by atoms with van der Waals surface area (Å²) < 4.78 is 23.6. The van der Waals surface area contributed by atoms with Gasteiger partial charge < -0.3 is 0 Å². The highest BCUT2D eigenvalue weighted by Crippen LogP contribution is 1.99. The predicted molar refractivity (Wildman–Crippen MR) is 47.3 cm³/mol. The quantitative estimate of drug-likeness (QED) is 0.691. The van der Waals surface area contributed by atoms with E-state index >= 15 is 0 Å². The van der Waals surface area contributed by atoms with Crippen LogP contribution in [0.25, 0.3) is 0 Å². The van der Waals surface area contributed by atoms with E-state index in [1.807, 2.05) is 0 Å². The van der Waals surface area contributed by atoms with Gasteiger partial charge in [0, 0.05) is 5.92 Å². The Hall–Kier alpha value is -0.420. The van der Waals surface area contributed by atoms with Gasteiger partial charge in [-0.05, 0) is 6.92 Å². The van der Waals surface area contributed by atoms with Crippen LogP contribution >= 0.6 is 0 Å². The van der Waals surface area contributed by atoms with Crippen LogP contribution in [-0.2, 0) is 14.8 Å². The zero-order valence-corrected chi connectivity index (χ0v) is 8.60. The summed E-state index contributed by atoms with van der Waals surface area (Å²) in [6.45, 7) is 5.02. The van der Waals surface area contributed by atoms with Crippen LogP contribution in [0.4, 0.5) is 0 Å². The molecule has 0 amide bonds. The number of nitrogens with one attached hydrogen (secondary N) is 1. The number of sulfonamides is 1. The maximum absolute atomic E-state index is 11.2. The van der Waals surface area contributed by atoms with Crippen LogP contribution in [-0.4, -0.2) is 26.5 Å². The van der Waals surface area contributed by atoms with Gasteiger partial charge in [0.2, 0.25) is 10.0 Å². The van der Waals surface area contributed by atoms with Crippen molar-refractivity contribution in [1.29, 1.82) is 0 Å². The summed E-state index contributed by atoms with van der Waals surface area (Å²) in [5.74, 6) is -0.241. The van der Waals surface area contributed by atoms with Crippen molar-refractivity contribution >= 4 is 15.8 Å². The molecule has 0 bridgehead atoms. The van der Waals surface area contributed by atoms with Crippen molar-refractivity contribution in [2.75, 3.05) is 6.26 Å². The van der Waals surface area contributed by atoms with Gasteiger partial charge in [-0.3, -0.25) is 4.79 Å². The van der Waals surface area contributed by atoms with E-state index in [-0.39, 0.29) is 11.7 Å². The van der Waals surface area contributed by atoms with Gasteiger partial charge in [0.25, 0.3) is 0 Å². The summed E-state index contributed by atoms with van der Waals surface area (Å²) in [6.07, 6.45) is 1.04. The van der Waals surface area contributed by atoms with E-state index < -0.39 is 16.1 Å². The van der Waals surface area contributed by atoms with Gasteiger partial charge in [0.1, 0.15) is 0 Å². The van der Waals surface area contributed by atoms with E-state index in [1.54, 1.807) is 20.8 Å². The van der Waals surface area contributed by atoms with Crippen molar-refractivity contribution < 1.29 is 13.2 Å². The smallest absolute Gasteiger partial charge is 0.209 e. The molecule has 12 heavy (non-hydrogen) atoms. The van der Waals surface area contributed by atoms with E-state index in [1.165, 1.54) is 0 Å². The monoisotopic (exact) mass is 193 g/mol. The first-order valence-electron chi connectivity index (χ1n) is 3.75. The minimum Gasteiger partial charge on any atom is -0.298 e.